The molecule has 0 atom stereocenters. The molecule has 3 rings (SSSR count). The number of nitrogens with zero attached hydrogens (tertiary/aromatic N) is 1. The highest BCUT2D eigenvalue weighted by atomic mass is 16.7. The summed E-state index contributed by atoms with van der Waals surface area (Å²) in [7, 11) is 0. The van der Waals surface area contributed by atoms with Gasteiger partial charge in [0, 0.05) is 6.07 Å². The van der Waals surface area contributed by atoms with Gasteiger partial charge in [-0.2, -0.15) is 0 Å². The Morgan fingerprint density at radius 1 is 1.00 bits per heavy atom. The molecule has 1 N–H and O–H groups in total. The lowest BCUT2D eigenvalue weighted by atomic mass is 10.2. The van der Waals surface area contributed by atoms with Crippen molar-refractivity contribution in [2.75, 3.05) is 6.79 Å². The quantitative estimate of drug-likeness (QED) is 0.521. The standard InChI is InChI=1S/C14H11NO4/c16-15-8-10-1-3-11(4-2-10)19-12-5-6-13-14(7-12)18-9-17-13/h1-8,16H,9H2. The first kappa shape index (κ1) is 11.4. The Morgan fingerprint density at radius 2 is 1.74 bits per heavy atom. The largest absolute Gasteiger partial charge is 0.457 e. The van der Waals surface area contributed by atoms with Gasteiger partial charge in [0.25, 0.3) is 0 Å². The maximum Gasteiger partial charge on any atom is 0.231 e. The number of fused-ring (bicyclic) bond motifs is 1. The molecule has 0 spiro atoms. The fourth-order valence-electron chi connectivity index (χ4n) is 1.77. The van der Waals surface area contributed by atoms with Gasteiger partial charge in [-0.15, -0.1) is 0 Å². The molecule has 0 fully saturated rings. The summed E-state index contributed by atoms with van der Waals surface area (Å²) in [5, 5.41) is 11.4. The Bertz CT molecular complexity index is 607. The average Bonchev–Trinajstić information content (AvgIpc) is 2.89. The van der Waals surface area contributed by atoms with Crippen LogP contribution in [0.4, 0.5) is 0 Å². The van der Waals surface area contributed by atoms with Crippen LogP contribution in [-0.4, -0.2) is 18.2 Å². The second kappa shape index (κ2) is 4.89. The Balaban J connectivity index is 1.77. The Labute approximate surface area is 109 Å². The zero-order valence-corrected chi connectivity index (χ0v) is 9.95. The van der Waals surface area contributed by atoms with E-state index >= 15 is 0 Å². The SMILES string of the molecule is ON=Cc1ccc(Oc2ccc3c(c2)OCO3)cc1. The fraction of sp³-hybridized carbons (Fsp3) is 0.0714. The van der Waals surface area contributed by atoms with Crippen LogP contribution < -0.4 is 14.2 Å². The van der Waals surface area contributed by atoms with Crippen molar-refractivity contribution < 1.29 is 19.4 Å². The second-order valence-corrected chi connectivity index (χ2v) is 3.93. The van der Waals surface area contributed by atoms with Crippen molar-refractivity contribution in [3.05, 3.63) is 48.0 Å². The van der Waals surface area contributed by atoms with Gasteiger partial charge in [0.15, 0.2) is 11.5 Å². The molecular formula is C14H11NO4. The monoisotopic (exact) mass is 257 g/mol. The maximum atomic E-state index is 8.43. The highest BCUT2D eigenvalue weighted by Crippen LogP contribution is 2.36. The van der Waals surface area contributed by atoms with Crippen LogP contribution in [0.25, 0.3) is 0 Å². The molecule has 19 heavy (non-hydrogen) atoms. The minimum Gasteiger partial charge on any atom is -0.457 e. The van der Waals surface area contributed by atoms with E-state index in [0.29, 0.717) is 17.2 Å². The molecule has 96 valence electrons. The van der Waals surface area contributed by atoms with Gasteiger partial charge in [0.1, 0.15) is 11.5 Å². The number of benzene rings is 2. The predicted molar refractivity (Wildman–Crippen MR) is 68.5 cm³/mol. The molecule has 0 amide bonds. The Morgan fingerprint density at radius 3 is 2.53 bits per heavy atom. The molecule has 0 saturated carbocycles. The zero-order chi connectivity index (χ0) is 13.1. The van der Waals surface area contributed by atoms with Gasteiger partial charge in [-0.25, -0.2) is 0 Å². The fourth-order valence-corrected chi connectivity index (χ4v) is 1.77. The van der Waals surface area contributed by atoms with Crippen molar-refractivity contribution in [2.24, 2.45) is 5.16 Å². The summed E-state index contributed by atoms with van der Waals surface area (Å²) in [6.07, 6.45) is 1.35. The molecule has 1 heterocycles. The van der Waals surface area contributed by atoms with Crippen LogP contribution in [0.1, 0.15) is 5.56 Å². The van der Waals surface area contributed by atoms with E-state index in [1.54, 1.807) is 30.3 Å². The van der Waals surface area contributed by atoms with E-state index in [1.807, 2.05) is 12.1 Å². The van der Waals surface area contributed by atoms with Crippen molar-refractivity contribution in [1.82, 2.24) is 0 Å². The van der Waals surface area contributed by atoms with Gasteiger partial charge in [0.05, 0.1) is 6.21 Å². The molecule has 1 aliphatic rings. The molecule has 0 saturated heterocycles. The number of hydrogen-bond donors (Lipinski definition) is 1. The highest BCUT2D eigenvalue weighted by molar-refractivity contribution is 5.79. The highest BCUT2D eigenvalue weighted by Gasteiger charge is 2.13. The summed E-state index contributed by atoms with van der Waals surface area (Å²) >= 11 is 0. The van der Waals surface area contributed by atoms with Crippen molar-refractivity contribution in [1.29, 1.82) is 0 Å². The lowest BCUT2D eigenvalue weighted by Crippen LogP contribution is -1.92. The van der Waals surface area contributed by atoms with Crippen molar-refractivity contribution in [2.45, 2.75) is 0 Å². The normalized spacial score (nSPS) is 12.8. The first-order chi connectivity index (χ1) is 9.35. The zero-order valence-electron chi connectivity index (χ0n) is 9.95. The summed E-state index contributed by atoms with van der Waals surface area (Å²) in [6.45, 7) is 0.244. The van der Waals surface area contributed by atoms with E-state index in [-0.39, 0.29) is 6.79 Å². The van der Waals surface area contributed by atoms with E-state index in [0.717, 1.165) is 11.3 Å². The van der Waals surface area contributed by atoms with Crippen LogP contribution in [0, 0.1) is 0 Å². The van der Waals surface area contributed by atoms with Crippen molar-refractivity contribution in [3.8, 4) is 23.0 Å². The molecule has 0 unspecified atom stereocenters. The summed E-state index contributed by atoms with van der Waals surface area (Å²) in [5.74, 6) is 2.77. The first-order valence-corrected chi connectivity index (χ1v) is 5.70. The smallest absolute Gasteiger partial charge is 0.231 e. The maximum absolute atomic E-state index is 8.43. The molecule has 0 aliphatic carbocycles. The van der Waals surface area contributed by atoms with E-state index < -0.39 is 0 Å². The minimum atomic E-state index is 0.244. The van der Waals surface area contributed by atoms with Gasteiger partial charge in [-0.05, 0) is 42.0 Å². The number of ether oxygens (including phenoxy) is 3. The lowest BCUT2D eigenvalue weighted by Gasteiger charge is -2.06. The summed E-state index contributed by atoms with van der Waals surface area (Å²) in [4.78, 5) is 0. The summed E-state index contributed by atoms with van der Waals surface area (Å²) in [5.41, 5.74) is 0.792. The summed E-state index contributed by atoms with van der Waals surface area (Å²) in [6, 6.07) is 12.6. The Hall–Kier alpha value is -2.69. The van der Waals surface area contributed by atoms with Crippen LogP contribution in [0.5, 0.6) is 23.0 Å². The van der Waals surface area contributed by atoms with Gasteiger partial charge in [-0.1, -0.05) is 5.16 Å². The Kier molecular flexibility index (Phi) is 2.94. The molecule has 1 aliphatic heterocycles. The van der Waals surface area contributed by atoms with E-state index in [9.17, 15) is 0 Å². The molecular weight excluding hydrogens is 246 g/mol. The molecule has 0 radical (unpaired) electrons. The molecule has 5 heteroatoms. The van der Waals surface area contributed by atoms with Crippen LogP contribution >= 0.6 is 0 Å². The third kappa shape index (κ3) is 2.44. The molecule has 0 bridgehead atoms. The van der Waals surface area contributed by atoms with E-state index in [1.165, 1.54) is 6.21 Å². The second-order valence-electron chi connectivity index (χ2n) is 3.93. The van der Waals surface area contributed by atoms with Crippen LogP contribution in [0.3, 0.4) is 0 Å². The average molecular weight is 257 g/mol. The van der Waals surface area contributed by atoms with Crippen LogP contribution in [0.15, 0.2) is 47.6 Å². The van der Waals surface area contributed by atoms with E-state index in [4.69, 9.17) is 19.4 Å². The molecule has 2 aromatic rings. The predicted octanol–water partition coefficient (Wildman–Crippen LogP) is 3.02. The van der Waals surface area contributed by atoms with Crippen LogP contribution in [0.2, 0.25) is 0 Å². The van der Waals surface area contributed by atoms with E-state index in [2.05, 4.69) is 5.16 Å². The molecule has 5 nitrogen and oxygen atoms in total. The molecule has 0 aromatic heterocycles. The number of oxime groups is 1. The van der Waals surface area contributed by atoms with Gasteiger partial charge in [-0.3, -0.25) is 0 Å². The van der Waals surface area contributed by atoms with Gasteiger partial charge >= 0.3 is 0 Å². The minimum absolute atomic E-state index is 0.244. The summed E-state index contributed by atoms with van der Waals surface area (Å²) < 4.78 is 16.2. The lowest BCUT2D eigenvalue weighted by molar-refractivity contribution is 0.174. The van der Waals surface area contributed by atoms with Gasteiger partial charge in [0.2, 0.25) is 6.79 Å². The molecule has 2 aromatic carbocycles. The van der Waals surface area contributed by atoms with Crippen LogP contribution in [-0.2, 0) is 0 Å². The van der Waals surface area contributed by atoms with Crippen molar-refractivity contribution in [3.63, 3.8) is 0 Å². The topological polar surface area (TPSA) is 60.3 Å². The van der Waals surface area contributed by atoms with Crippen molar-refractivity contribution >= 4 is 6.21 Å². The third-order valence-corrected chi connectivity index (χ3v) is 2.67. The number of hydrogen-bond acceptors (Lipinski definition) is 5. The third-order valence-electron chi connectivity index (χ3n) is 2.67. The first-order valence-electron chi connectivity index (χ1n) is 5.70. The van der Waals surface area contributed by atoms with Gasteiger partial charge < -0.3 is 19.4 Å². The number of rotatable bonds is 3.